The molecule has 2 aromatic rings. The van der Waals surface area contributed by atoms with Gasteiger partial charge in [0.25, 0.3) is 0 Å². The monoisotopic (exact) mass is 363 g/mol. The Bertz CT molecular complexity index is 681. The lowest BCUT2D eigenvalue weighted by Crippen LogP contribution is -2.13. The lowest BCUT2D eigenvalue weighted by atomic mass is 9.77. The summed E-state index contributed by atoms with van der Waals surface area (Å²) in [6.45, 7) is 2.25. The third-order valence-electron chi connectivity index (χ3n) is 6.10. The standard InChI is InChI=1S/C25H33NO/c1-2-3-4-5-6-21-9-16-25(26-19-21)24-14-12-23(13-15-24)22-10-7-20(8-11-22)17-18-27/h9,12-16,18-20,22H,2-8,10-11,17H2,1H3. The van der Waals surface area contributed by atoms with Crippen LogP contribution in [0.2, 0.25) is 0 Å². The van der Waals surface area contributed by atoms with Crippen LogP contribution in [-0.2, 0) is 11.2 Å². The highest BCUT2D eigenvalue weighted by Crippen LogP contribution is 2.37. The molecule has 2 nitrogen and oxygen atoms in total. The van der Waals surface area contributed by atoms with Crippen molar-refractivity contribution < 1.29 is 4.79 Å². The lowest BCUT2D eigenvalue weighted by molar-refractivity contribution is -0.108. The molecule has 0 bridgehead atoms. The van der Waals surface area contributed by atoms with Crippen molar-refractivity contribution in [3.8, 4) is 11.3 Å². The first kappa shape index (κ1) is 19.8. The number of nitrogens with zero attached hydrogens (tertiary/aromatic N) is 1. The molecule has 144 valence electrons. The minimum atomic E-state index is 0.614. The largest absolute Gasteiger partial charge is 0.303 e. The number of aromatic nitrogens is 1. The maximum Gasteiger partial charge on any atom is 0.120 e. The number of aldehydes is 1. The minimum Gasteiger partial charge on any atom is -0.303 e. The highest BCUT2D eigenvalue weighted by molar-refractivity contribution is 5.59. The smallest absolute Gasteiger partial charge is 0.120 e. The Morgan fingerprint density at radius 2 is 1.74 bits per heavy atom. The third-order valence-corrected chi connectivity index (χ3v) is 6.10. The molecule has 0 amide bonds. The number of aryl methyl sites for hydroxylation is 1. The Morgan fingerprint density at radius 3 is 2.37 bits per heavy atom. The van der Waals surface area contributed by atoms with E-state index in [4.69, 9.17) is 0 Å². The van der Waals surface area contributed by atoms with Gasteiger partial charge in [0.05, 0.1) is 5.69 Å². The summed E-state index contributed by atoms with van der Waals surface area (Å²) in [4.78, 5) is 15.4. The number of carbonyl (C=O) groups excluding carboxylic acids is 1. The summed E-state index contributed by atoms with van der Waals surface area (Å²) >= 11 is 0. The van der Waals surface area contributed by atoms with Gasteiger partial charge in [-0.05, 0) is 67.6 Å². The van der Waals surface area contributed by atoms with E-state index >= 15 is 0 Å². The molecule has 0 unspecified atom stereocenters. The van der Waals surface area contributed by atoms with Crippen LogP contribution in [0, 0.1) is 5.92 Å². The Labute approximate surface area is 164 Å². The minimum absolute atomic E-state index is 0.614. The maximum absolute atomic E-state index is 10.7. The fourth-order valence-corrected chi connectivity index (χ4v) is 4.29. The summed E-state index contributed by atoms with van der Waals surface area (Å²) in [5.41, 5.74) is 5.05. The number of pyridine rings is 1. The maximum atomic E-state index is 10.7. The van der Waals surface area contributed by atoms with Crippen molar-refractivity contribution in [1.82, 2.24) is 4.98 Å². The first-order chi connectivity index (χ1) is 13.3. The van der Waals surface area contributed by atoms with Crippen LogP contribution in [0.3, 0.4) is 0 Å². The van der Waals surface area contributed by atoms with Crippen LogP contribution in [0.25, 0.3) is 11.3 Å². The lowest BCUT2D eigenvalue weighted by Gasteiger charge is -2.27. The summed E-state index contributed by atoms with van der Waals surface area (Å²) in [6, 6.07) is 13.4. The van der Waals surface area contributed by atoms with Gasteiger partial charge in [-0.15, -0.1) is 0 Å². The molecule has 27 heavy (non-hydrogen) atoms. The number of benzene rings is 1. The van der Waals surface area contributed by atoms with Gasteiger partial charge in [-0.3, -0.25) is 4.98 Å². The van der Waals surface area contributed by atoms with Crippen LogP contribution >= 0.6 is 0 Å². The topological polar surface area (TPSA) is 30.0 Å². The van der Waals surface area contributed by atoms with Crippen molar-refractivity contribution >= 4 is 6.29 Å². The molecule has 3 rings (SSSR count). The summed E-state index contributed by atoms with van der Waals surface area (Å²) in [5, 5.41) is 0. The second kappa shape index (κ2) is 10.4. The quantitative estimate of drug-likeness (QED) is 0.365. The molecular weight excluding hydrogens is 330 g/mol. The highest BCUT2D eigenvalue weighted by Gasteiger charge is 2.22. The van der Waals surface area contributed by atoms with E-state index < -0.39 is 0 Å². The average Bonchev–Trinajstić information content (AvgIpc) is 2.73. The van der Waals surface area contributed by atoms with Crippen LogP contribution < -0.4 is 0 Å². The van der Waals surface area contributed by atoms with E-state index in [1.165, 1.54) is 68.1 Å². The zero-order chi connectivity index (χ0) is 18.9. The Hall–Kier alpha value is -1.96. The summed E-state index contributed by atoms with van der Waals surface area (Å²) in [7, 11) is 0. The SMILES string of the molecule is CCCCCCc1ccc(-c2ccc(C3CCC(CC=O)CC3)cc2)nc1. The second-order valence-electron chi connectivity index (χ2n) is 8.10. The molecule has 0 atom stereocenters. The highest BCUT2D eigenvalue weighted by atomic mass is 16.1. The van der Waals surface area contributed by atoms with E-state index in [2.05, 4.69) is 48.3 Å². The molecule has 1 heterocycles. The van der Waals surface area contributed by atoms with Gasteiger partial charge in [0.15, 0.2) is 0 Å². The van der Waals surface area contributed by atoms with Gasteiger partial charge in [-0.2, -0.15) is 0 Å². The van der Waals surface area contributed by atoms with Gasteiger partial charge in [-0.25, -0.2) is 0 Å². The number of rotatable bonds is 9. The number of hydrogen-bond acceptors (Lipinski definition) is 2. The summed E-state index contributed by atoms with van der Waals surface area (Å²) in [6.07, 6.45) is 15.0. The Morgan fingerprint density at radius 1 is 0.963 bits per heavy atom. The second-order valence-corrected chi connectivity index (χ2v) is 8.10. The fraction of sp³-hybridized carbons (Fsp3) is 0.520. The van der Waals surface area contributed by atoms with Crippen LogP contribution in [0.5, 0.6) is 0 Å². The predicted octanol–water partition coefficient (Wildman–Crippen LogP) is 6.73. The van der Waals surface area contributed by atoms with Crippen molar-refractivity contribution in [3.63, 3.8) is 0 Å². The van der Waals surface area contributed by atoms with Gasteiger partial charge in [0.2, 0.25) is 0 Å². The van der Waals surface area contributed by atoms with Crippen molar-refractivity contribution in [2.45, 2.75) is 77.0 Å². The number of unbranched alkanes of at least 4 members (excludes halogenated alkanes) is 3. The van der Waals surface area contributed by atoms with Crippen LogP contribution in [0.1, 0.15) is 81.8 Å². The van der Waals surface area contributed by atoms with E-state index in [0.29, 0.717) is 11.8 Å². The van der Waals surface area contributed by atoms with Gasteiger partial charge < -0.3 is 4.79 Å². The Balaban J connectivity index is 1.55. The average molecular weight is 364 g/mol. The van der Waals surface area contributed by atoms with E-state index in [1.54, 1.807) is 0 Å². The van der Waals surface area contributed by atoms with Gasteiger partial charge in [0, 0.05) is 18.2 Å². The van der Waals surface area contributed by atoms with Crippen molar-refractivity contribution in [2.24, 2.45) is 5.92 Å². The van der Waals surface area contributed by atoms with E-state index in [0.717, 1.165) is 24.8 Å². The van der Waals surface area contributed by atoms with Gasteiger partial charge in [0.1, 0.15) is 6.29 Å². The molecule has 1 aromatic heterocycles. The molecular formula is C25H33NO. The molecule has 0 aliphatic heterocycles. The van der Waals surface area contributed by atoms with Crippen LogP contribution in [0.15, 0.2) is 42.6 Å². The molecule has 0 spiro atoms. The number of hydrogen-bond donors (Lipinski definition) is 0. The molecule has 1 fully saturated rings. The van der Waals surface area contributed by atoms with Crippen LogP contribution in [-0.4, -0.2) is 11.3 Å². The Kier molecular flexibility index (Phi) is 7.62. The van der Waals surface area contributed by atoms with Gasteiger partial charge in [-0.1, -0.05) is 56.5 Å². The normalized spacial score (nSPS) is 19.7. The van der Waals surface area contributed by atoms with E-state index in [9.17, 15) is 4.79 Å². The van der Waals surface area contributed by atoms with Crippen molar-refractivity contribution in [3.05, 3.63) is 53.7 Å². The third kappa shape index (κ3) is 5.76. The van der Waals surface area contributed by atoms with E-state index in [1.807, 2.05) is 6.20 Å². The molecule has 0 radical (unpaired) electrons. The van der Waals surface area contributed by atoms with Crippen molar-refractivity contribution in [2.75, 3.05) is 0 Å². The molecule has 1 aliphatic carbocycles. The molecule has 1 saturated carbocycles. The molecule has 0 saturated heterocycles. The summed E-state index contributed by atoms with van der Waals surface area (Å²) in [5.74, 6) is 1.27. The molecule has 0 N–H and O–H groups in total. The van der Waals surface area contributed by atoms with Crippen molar-refractivity contribution in [1.29, 1.82) is 0 Å². The summed E-state index contributed by atoms with van der Waals surface area (Å²) < 4.78 is 0. The predicted molar refractivity (Wildman–Crippen MR) is 113 cm³/mol. The van der Waals surface area contributed by atoms with Crippen LogP contribution in [0.4, 0.5) is 0 Å². The first-order valence-electron chi connectivity index (χ1n) is 10.8. The zero-order valence-corrected chi connectivity index (χ0v) is 16.7. The number of carbonyl (C=O) groups is 1. The molecule has 1 aliphatic rings. The zero-order valence-electron chi connectivity index (χ0n) is 16.7. The molecule has 1 aromatic carbocycles. The fourth-order valence-electron chi connectivity index (χ4n) is 4.29. The van der Waals surface area contributed by atoms with E-state index in [-0.39, 0.29) is 0 Å². The first-order valence-corrected chi connectivity index (χ1v) is 10.8. The van der Waals surface area contributed by atoms with Gasteiger partial charge >= 0.3 is 0 Å². The molecule has 2 heteroatoms.